The normalized spacial score (nSPS) is 14.7. The minimum absolute atomic E-state index is 0.0561. The SMILES string of the molecule is Cc1ccccc1CN(C(=O)CN(c1ccccc1Cl)S(C)(=O)=O)C(Cc1ccccc1)C(=O)NC1CCCCC1. The van der Waals surface area contributed by atoms with Gasteiger partial charge in [0.2, 0.25) is 21.8 Å². The molecule has 218 valence electrons. The van der Waals surface area contributed by atoms with Crippen molar-refractivity contribution in [1.82, 2.24) is 10.2 Å². The van der Waals surface area contributed by atoms with Crippen molar-refractivity contribution in [2.24, 2.45) is 0 Å². The van der Waals surface area contributed by atoms with Crippen LogP contribution in [0, 0.1) is 6.92 Å². The molecule has 3 aromatic carbocycles. The number of rotatable bonds is 11. The Balaban J connectivity index is 1.74. The lowest BCUT2D eigenvalue weighted by atomic mass is 9.94. The van der Waals surface area contributed by atoms with Gasteiger partial charge < -0.3 is 10.2 Å². The van der Waals surface area contributed by atoms with Gasteiger partial charge in [-0.05, 0) is 48.6 Å². The molecule has 2 amide bonds. The summed E-state index contributed by atoms with van der Waals surface area (Å²) >= 11 is 6.37. The summed E-state index contributed by atoms with van der Waals surface area (Å²) in [6.45, 7) is 1.62. The van der Waals surface area contributed by atoms with Gasteiger partial charge in [-0.15, -0.1) is 0 Å². The average molecular weight is 596 g/mol. The molecule has 9 heteroatoms. The van der Waals surface area contributed by atoms with Crippen LogP contribution in [0.15, 0.2) is 78.9 Å². The molecule has 0 aromatic heterocycles. The van der Waals surface area contributed by atoms with Crippen LogP contribution in [-0.2, 0) is 32.6 Å². The summed E-state index contributed by atoms with van der Waals surface area (Å²) in [5.41, 5.74) is 2.98. The molecular weight excluding hydrogens is 558 g/mol. The summed E-state index contributed by atoms with van der Waals surface area (Å²) in [6, 6.07) is 23.0. The molecule has 7 nitrogen and oxygen atoms in total. The number of sulfonamides is 1. The monoisotopic (exact) mass is 595 g/mol. The van der Waals surface area contributed by atoms with Crippen molar-refractivity contribution < 1.29 is 18.0 Å². The van der Waals surface area contributed by atoms with Crippen molar-refractivity contribution in [2.45, 2.75) is 64.1 Å². The van der Waals surface area contributed by atoms with Crippen LogP contribution in [0.4, 0.5) is 5.69 Å². The predicted octanol–water partition coefficient (Wildman–Crippen LogP) is 5.50. The maximum atomic E-state index is 14.2. The Bertz CT molecular complexity index is 1440. The first-order valence-electron chi connectivity index (χ1n) is 14.0. The van der Waals surface area contributed by atoms with Crippen LogP contribution in [0.25, 0.3) is 0 Å². The van der Waals surface area contributed by atoms with Crippen molar-refractivity contribution >= 4 is 39.1 Å². The maximum absolute atomic E-state index is 14.2. The zero-order valence-electron chi connectivity index (χ0n) is 23.6. The average Bonchev–Trinajstić information content (AvgIpc) is 2.95. The molecule has 1 unspecified atom stereocenters. The number of hydrogen-bond acceptors (Lipinski definition) is 4. The Morgan fingerprint density at radius 1 is 0.927 bits per heavy atom. The molecule has 1 aliphatic carbocycles. The van der Waals surface area contributed by atoms with Crippen molar-refractivity contribution in [3.05, 3.63) is 101 Å². The largest absolute Gasteiger partial charge is 0.352 e. The quantitative estimate of drug-likeness (QED) is 0.317. The Kier molecular flexibility index (Phi) is 10.5. The molecule has 1 saturated carbocycles. The van der Waals surface area contributed by atoms with E-state index in [2.05, 4.69) is 5.32 Å². The predicted molar refractivity (Wildman–Crippen MR) is 164 cm³/mol. The molecular formula is C32H38ClN3O4S. The fraction of sp³-hybridized carbons (Fsp3) is 0.375. The van der Waals surface area contributed by atoms with E-state index in [1.807, 2.05) is 61.5 Å². The van der Waals surface area contributed by atoms with Gasteiger partial charge in [0.25, 0.3) is 0 Å². The fourth-order valence-corrected chi connectivity index (χ4v) is 6.47. The van der Waals surface area contributed by atoms with Crippen molar-refractivity contribution in [2.75, 3.05) is 17.1 Å². The number of anilines is 1. The van der Waals surface area contributed by atoms with Crippen LogP contribution in [0.3, 0.4) is 0 Å². The number of amides is 2. The number of nitrogens with zero attached hydrogens (tertiary/aromatic N) is 2. The van der Waals surface area contributed by atoms with E-state index >= 15 is 0 Å². The van der Waals surface area contributed by atoms with E-state index in [9.17, 15) is 18.0 Å². The molecule has 0 aliphatic heterocycles. The standard InChI is InChI=1S/C32H38ClN3O4S/c1-24-13-9-10-16-26(24)22-35(31(37)23-36(41(2,39)40)29-20-12-11-19-28(29)33)30(21-25-14-5-3-6-15-25)32(38)34-27-17-7-4-8-18-27/h3,5-6,9-16,19-20,27,30H,4,7-8,17-18,21-23H2,1-2H3,(H,34,38). The number of hydrogen-bond donors (Lipinski definition) is 1. The molecule has 0 radical (unpaired) electrons. The van der Waals surface area contributed by atoms with E-state index in [4.69, 9.17) is 11.6 Å². The highest BCUT2D eigenvalue weighted by atomic mass is 35.5. The molecule has 0 heterocycles. The van der Waals surface area contributed by atoms with Gasteiger partial charge in [0.1, 0.15) is 12.6 Å². The fourth-order valence-electron chi connectivity index (χ4n) is 5.32. The third-order valence-corrected chi connectivity index (χ3v) is 9.07. The number of aryl methyl sites for hydroxylation is 1. The highest BCUT2D eigenvalue weighted by molar-refractivity contribution is 7.92. The first-order valence-corrected chi connectivity index (χ1v) is 16.3. The van der Waals surface area contributed by atoms with Crippen molar-refractivity contribution in [3.8, 4) is 0 Å². The van der Waals surface area contributed by atoms with Crippen LogP contribution in [0.5, 0.6) is 0 Å². The second kappa shape index (κ2) is 14.0. The summed E-state index contributed by atoms with van der Waals surface area (Å²) in [5, 5.41) is 3.43. The van der Waals surface area contributed by atoms with Crippen LogP contribution < -0.4 is 9.62 Å². The van der Waals surface area contributed by atoms with E-state index < -0.39 is 28.5 Å². The van der Waals surface area contributed by atoms with Crippen LogP contribution >= 0.6 is 11.6 Å². The van der Waals surface area contributed by atoms with Gasteiger partial charge in [0, 0.05) is 19.0 Å². The number of carbonyl (C=O) groups excluding carboxylic acids is 2. The maximum Gasteiger partial charge on any atom is 0.244 e. The van der Waals surface area contributed by atoms with E-state index in [0.717, 1.165) is 59.4 Å². The Hall–Kier alpha value is -3.36. The zero-order valence-corrected chi connectivity index (χ0v) is 25.2. The van der Waals surface area contributed by atoms with Crippen molar-refractivity contribution in [3.63, 3.8) is 0 Å². The van der Waals surface area contributed by atoms with Crippen LogP contribution in [0.1, 0.15) is 48.8 Å². The van der Waals surface area contributed by atoms with Gasteiger partial charge in [-0.2, -0.15) is 0 Å². The molecule has 1 fully saturated rings. The van der Waals surface area contributed by atoms with Gasteiger partial charge >= 0.3 is 0 Å². The van der Waals surface area contributed by atoms with E-state index in [1.54, 1.807) is 24.3 Å². The van der Waals surface area contributed by atoms with Crippen molar-refractivity contribution in [1.29, 1.82) is 0 Å². The molecule has 0 bridgehead atoms. The second-order valence-corrected chi connectivity index (χ2v) is 13.0. The summed E-state index contributed by atoms with van der Waals surface area (Å²) in [5.74, 6) is -0.718. The minimum Gasteiger partial charge on any atom is -0.352 e. The zero-order chi connectivity index (χ0) is 29.4. The third-order valence-electron chi connectivity index (χ3n) is 7.62. The topological polar surface area (TPSA) is 86.8 Å². The van der Waals surface area contributed by atoms with E-state index in [-0.39, 0.29) is 29.2 Å². The molecule has 1 N–H and O–H groups in total. The van der Waals surface area contributed by atoms with Gasteiger partial charge in [0.05, 0.1) is 17.0 Å². The summed E-state index contributed by atoms with van der Waals surface area (Å²) in [7, 11) is -3.88. The minimum atomic E-state index is -3.88. The molecule has 41 heavy (non-hydrogen) atoms. The summed E-state index contributed by atoms with van der Waals surface area (Å²) < 4.78 is 26.9. The Morgan fingerprint density at radius 3 is 2.22 bits per heavy atom. The highest BCUT2D eigenvalue weighted by Gasteiger charge is 2.34. The van der Waals surface area contributed by atoms with Gasteiger partial charge in [0.15, 0.2) is 0 Å². The first-order chi connectivity index (χ1) is 19.6. The molecule has 1 aliphatic rings. The summed E-state index contributed by atoms with van der Waals surface area (Å²) in [6.07, 6.45) is 6.42. The highest BCUT2D eigenvalue weighted by Crippen LogP contribution is 2.28. The molecule has 0 spiro atoms. The number of nitrogens with one attached hydrogen (secondary N) is 1. The van der Waals surface area contributed by atoms with Gasteiger partial charge in [-0.25, -0.2) is 8.42 Å². The van der Waals surface area contributed by atoms with E-state index in [0.29, 0.717) is 6.42 Å². The number of carbonyl (C=O) groups is 2. The smallest absolute Gasteiger partial charge is 0.244 e. The molecule has 3 aromatic rings. The van der Waals surface area contributed by atoms with Gasteiger partial charge in [-0.1, -0.05) is 97.6 Å². The van der Waals surface area contributed by atoms with Crippen LogP contribution in [0.2, 0.25) is 5.02 Å². The molecule has 0 saturated heterocycles. The third kappa shape index (κ3) is 8.33. The lowest BCUT2D eigenvalue weighted by Gasteiger charge is -2.35. The number of halogens is 1. The molecule has 1 atom stereocenters. The first kappa shape index (κ1) is 30.6. The Labute approximate surface area is 248 Å². The summed E-state index contributed by atoms with van der Waals surface area (Å²) in [4.78, 5) is 29.7. The second-order valence-electron chi connectivity index (χ2n) is 10.7. The number of benzene rings is 3. The van der Waals surface area contributed by atoms with Gasteiger partial charge in [-0.3, -0.25) is 13.9 Å². The molecule has 4 rings (SSSR count). The number of para-hydroxylation sites is 1. The lowest BCUT2D eigenvalue weighted by Crippen LogP contribution is -2.55. The van der Waals surface area contributed by atoms with Crippen LogP contribution in [-0.4, -0.2) is 50.0 Å². The Morgan fingerprint density at radius 2 is 1.56 bits per heavy atom. The van der Waals surface area contributed by atoms with E-state index in [1.165, 1.54) is 4.90 Å². The lowest BCUT2D eigenvalue weighted by molar-refractivity contribution is -0.140.